The molecule has 5 nitrogen and oxygen atoms in total. The molecule has 0 aliphatic heterocycles. The second kappa shape index (κ2) is 7.22. The Kier molecular flexibility index (Phi) is 5.33. The predicted molar refractivity (Wildman–Crippen MR) is 88.9 cm³/mol. The van der Waals surface area contributed by atoms with E-state index in [0.717, 1.165) is 11.3 Å². The zero-order chi connectivity index (χ0) is 16.1. The predicted octanol–water partition coefficient (Wildman–Crippen LogP) is 2.58. The second-order valence-corrected chi connectivity index (χ2v) is 5.96. The molecule has 0 saturated heterocycles. The van der Waals surface area contributed by atoms with Gasteiger partial charge < -0.3 is 5.32 Å². The first-order chi connectivity index (χ1) is 10.5. The van der Waals surface area contributed by atoms with Crippen molar-refractivity contribution in [1.82, 2.24) is 14.7 Å². The Hall–Kier alpha value is -2.14. The molecule has 0 unspecified atom stereocenters. The van der Waals surface area contributed by atoms with Gasteiger partial charge in [-0.25, -0.2) is 0 Å². The third-order valence-electron chi connectivity index (χ3n) is 3.60. The van der Waals surface area contributed by atoms with Crippen molar-refractivity contribution < 1.29 is 4.79 Å². The van der Waals surface area contributed by atoms with E-state index in [1.54, 1.807) is 6.20 Å². The summed E-state index contributed by atoms with van der Waals surface area (Å²) in [6.07, 6.45) is 4.23. The van der Waals surface area contributed by atoms with E-state index in [1.165, 1.54) is 0 Å². The molecular formula is C17H24N4O. The largest absolute Gasteiger partial charge is 0.322 e. The van der Waals surface area contributed by atoms with Gasteiger partial charge in [-0.1, -0.05) is 30.3 Å². The van der Waals surface area contributed by atoms with Crippen LogP contribution in [-0.4, -0.2) is 40.7 Å². The van der Waals surface area contributed by atoms with Crippen molar-refractivity contribution in [1.29, 1.82) is 0 Å². The fourth-order valence-electron chi connectivity index (χ4n) is 2.26. The number of amides is 1. The zero-order valence-corrected chi connectivity index (χ0v) is 13.7. The minimum atomic E-state index is -0.218. The topological polar surface area (TPSA) is 50.2 Å². The van der Waals surface area contributed by atoms with Crippen LogP contribution in [0.5, 0.6) is 0 Å². The van der Waals surface area contributed by atoms with Gasteiger partial charge >= 0.3 is 0 Å². The first kappa shape index (κ1) is 16.2. The number of nitrogens with zero attached hydrogens (tertiary/aromatic N) is 3. The molecule has 0 aliphatic carbocycles. The van der Waals surface area contributed by atoms with E-state index in [0.29, 0.717) is 6.42 Å². The van der Waals surface area contributed by atoms with E-state index >= 15 is 0 Å². The van der Waals surface area contributed by atoms with Crippen molar-refractivity contribution in [3.05, 3.63) is 48.3 Å². The number of benzene rings is 1. The van der Waals surface area contributed by atoms with Crippen molar-refractivity contribution in [3.63, 3.8) is 0 Å². The van der Waals surface area contributed by atoms with Gasteiger partial charge in [0.05, 0.1) is 17.9 Å². The van der Waals surface area contributed by atoms with Crippen LogP contribution in [0.3, 0.4) is 0 Å². The Bertz CT molecular complexity index is 604. The number of carbonyl (C=O) groups excluding carboxylic acids is 1. The van der Waals surface area contributed by atoms with Gasteiger partial charge in [-0.2, -0.15) is 5.10 Å². The van der Waals surface area contributed by atoms with Gasteiger partial charge in [-0.05, 0) is 39.9 Å². The van der Waals surface area contributed by atoms with Gasteiger partial charge in [0.15, 0.2) is 0 Å². The molecular weight excluding hydrogens is 276 g/mol. The van der Waals surface area contributed by atoms with E-state index in [2.05, 4.69) is 24.3 Å². The summed E-state index contributed by atoms with van der Waals surface area (Å²) < 4.78 is 1.83. The fourth-order valence-corrected chi connectivity index (χ4v) is 2.26. The first-order valence-corrected chi connectivity index (χ1v) is 7.52. The van der Waals surface area contributed by atoms with Gasteiger partial charge in [-0.15, -0.1) is 0 Å². The number of aromatic nitrogens is 2. The summed E-state index contributed by atoms with van der Waals surface area (Å²) in [5.74, 6) is -0.0165. The maximum atomic E-state index is 12.5. The molecule has 5 heteroatoms. The standard InChI is InChI=1S/C17H24N4O/c1-13(2)21-12-15(11-18-21)19-17(22)16(20(3)4)10-14-8-6-5-7-9-14/h5-9,11-13,16H,10H2,1-4H3,(H,19,22)/t16-/m0/s1. The monoisotopic (exact) mass is 300 g/mol. The fraction of sp³-hybridized carbons (Fsp3) is 0.412. The summed E-state index contributed by atoms with van der Waals surface area (Å²) in [5.41, 5.74) is 1.88. The lowest BCUT2D eigenvalue weighted by atomic mass is 10.0. The highest BCUT2D eigenvalue weighted by Crippen LogP contribution is 2.13. The van der Waals surface area contributed by atoms with Gasteiger partial charge in [-0.3, -0.25) is 14.4 Å². The molecule has 118 valence electrons. The Morgan fingerprint density at radius 2 is 1.95 bits per heavy atom. The van der Waals surface area contributed by atoms with Crippen molar-refractivity contribution in [3.8, 4) is 0 Å². The summed E-state index contributed by atoms with van der Waals surface area (Å²) >= 11 is 0. The summed E-state index contributed by atoms with van der Waals surface area (Å²) in [4.78, 5) is 14.5. The van der Waals surface area contributed by atoms with Crippen LogP contribution in [0.1, 0.15) is 25.5 Å². The lowest BCUT2D eigenvalue weighted by Crippen LogP contribution is -2.41. The smallest absolute Gasteiger partial charge is 0.242 e. The van der Waals surface area contributed by atoms with Crippen molar-refractivity contribution in [2.75, 3.05) is 19.4 Å². The average molecular weight is 300 g/mol. The number of rotatable bonds is 6. The second-order valence-electron chi connectivity index (χ2n) is 5.96. The summed E-state index contributed by atoms with van der Waals surface area (Å²) in [7, 11) is 3.84. The number of carbonyl (C=O) groups is 1. The Morgan fingerprint density at radius 3 is 2.50 bits per heavy atom. The quantitative estimate of drug-likeness (QED) is 0.892. The molecule has 1 amide bonds. The summed E-state index contributed by atoms with van der Waals surface area (Å²) in [6.45, 7) is 4.10. The zero-order valence-electron chi connectivity index (χ0n) is 13.7. The molecule has 1 N–H and O–H groups in total. The van der Waals surface area contributed by atoms with Gasteiger partial charge in [0, 0.05) is 12.2 Å². The maximum absolute atomic E-state index is 12.5. The normalized spacial score (nSPS) is 12.6. The van der Waals surface area contributed by atoms with Crippen LogP contribution in [0.15, 0.2) is 42.7 Å². The minimum absolute atomic E-state index is 0.0165. The highest BCUT2D eigenvalue weighted by Gasteiger charge is 2.21. The average Bonchev–Trinajstić information content (AvgIpc) is 2.94. The molecule has 2 rings (SSSR count). The van der Waals surface area contributed by atoms with Gasteiger partial charge in [0.25, 0.3) is 0 Å². The molecule has 0 radical (unpaired) electrons. The van der Waals surface area contributed by atoms with Crippen LogP contribution in [0.2, 0.25) is 0 Å². The Balaban J connectivity index is 2.06. The molecule has 22 heavy (non-hydrogen) atoms. The molecule has 1 aromatic carbocycles. The lowest BCUT2D eigenvalue weighted by Gasteiger charge is -2.23. The van der Waals surface area contributed by atoms with Crippen molar-refractivity contribution in [2.24, 2.45) is 0 Å². The van der Waals surface area contributed by atoms with Crippen LogP contribution in [-0.2, 0) is 11.2 Å². The van der Waals surface area contributed by atoms with Crippen molar-refractivity contribution >= 4 is 11.6 Å². The number of nitrogens with one attached hydrogen (secondary N) is 1. The van der Waals surface area contributed by atoms with Gasteiger partial charge in [0.1, 0.15) is 0 Å². The Labute approximate surface area is 131 Å². The third kappa shape index (κ3) is 4.18. The van der Waals surface area contributed by atoms with Crippen LogP contribution in [0.4, 0.5) is 5.69 Å². The summed E-state index contributed by atoms with van der Waals surface area (Å²) in [5, 5.41) is 7.20. The number of likely N-dealkylation sites (N-methyl/N-ethyl adjacent to an activating group) is 1. The SMILES string of the molecule is CC(C)n1cc(NC(=O)[C@H](Cc2ccccc2)N(C)C)cn1. The maximum Gasteiger partial charge on any atom is 0.242 e. The molecule has 0 fully saturated rings. The third-order valence-corrected chi connectivity index (χ3v) is 3.60. The van der Waals surface area contributed by atoms with Crippen LogP contribution < -0.4 is 5.32 Å². The molecule has 0 bridgehead atoms. The molecule has 1 atom stereocenters. The van der Waals surface area contributed by atoms with Crippen LogP contribution >= 0.6 is 0 Å². The highest BCUT2D eigenvalue weighted by molar-refractivity contribution is 5.94. The van der Waals surface area contributed by atoms with Crippen LogP contribution in [0, 0.1) is 0 Å². The van der Waals surface area contributed by atoms with Gasteiger partial charge in [0.2, 0.25) is 5.91 Å². The number of hydrogen-bond donors (Lipinski definition) is 1. The molecule has 0 saturated carbocycles. The highest BCUT2D eigenvalue weighted by atomic mass is 16.2. The van der Waals surface area contributed by atoms with Crippen molar-refractivity contribution in [2.45, 2.75) is 32.4 Å². The molecule has 1 heterocycles. The van der Waals surface area contributed by atoms with Crippen LogP contribution in [0.25, 0.3) is 0 Å². The molecule has 2 aromatic rings. The minimum Gasteiger partial charge on any atom is -0.322 e. The summed E-state index contributed by atoms with van der Waals surface area (Å²) in [6, 6.07) is 10.1. The Morgan fingerprint density at radius 1 is 1.27 bits per heavy atom. The first-order valence-electron chi connectivity index (χ1n) is 7.52. The van der Waals surface area contributed by atoms with E-state index < -0.39 is 0 Å². The van der Waals surface area contributed by atoms with E-state index in [9.17, 15) is 4.79 Å². The molecule has 0 spiro atoms. The number of anilines is 1. The molecule has 0 aliphatic rings. The van der Waals surface area contributed by atoms with E-state index in [4.69, 9.17) is 0 Å². The number of hydrogen-bond acceptors (Lipinski definition) is 3. The van der Waals surface area contributed by atoms with E-state index in [-0.39, 0.29) is 18.0 Å². The lowest BCUT2D eigenvalue weighted by molar-refractivity contribution is -0.120. The van der Waals surface area contributed by atoms with E-state index in [1.807, 2.05) is 60.2 Å². The molecule has 1 aromatic heterocycles.